The Morgan fingerprint density at radius 3 is 2.50 bits per heavy atom. The van der Waals surface area contributed by atoms with Crippen molar-refractivity contribution in [2.24, 2.45) is 5.73 Å². The van der Waals surface area contributed by atoms with Gasteiger partial charge in [-0.25, -0.2) is 0 Å². The summed E-state index contributed by atoms with van der Waals surface area (Å²) in [7, 11) is 0. The topological polar surface area (TPSA) is 55.1 Å². The number of anilines is 1. The van der Waals surface area contributed by atoms with Gasteiger partial charge < -0.3 is 11.1 Å². The first-order valence-corrected chi connectivity index (χ1v) is 5.76. The summed E-state index contributed by atoms with van der Waals surface area (Å²) in [6, 6.07) is 7.84. The van der Waals surface area contributed by atoms with Crippen LogP contribution in [0.3, 0.4) is 0 Å². The highest BCUT2D eigenvalue weighted by atomic mass is 16.1. The molecule has 1 rings (SSSR count). The van der Waals surface area contributed by atoms with Gasteiger partial charge in [0.15, 0.2) is 0 Å². The number of carbonyl (C=O) groups excluding carboxylic acids is 1. The molecule has 16 heavy (non-hydrogen) atoms. The van der Waals surface area contributed by atoms with Gasteiger partial charge in [-0.2, -0.15) is 0 Å². The third-order valence-electron chi connectivity index (χ3n) is 2.53. The Hall–Kier alpha value is -1.35. The molecule has 88 valence electrons. The number of nitrogens with two attached hydrogens (primary N) is 1. The van der Waals surface area contributed by atoms with E-state index in [4.69, 9.17) is 5.73 Å². The fourth-order valence-electron chi connectivity index (χ4n) is 1.61. The molecule has 0 aliphatic rings. The first-order chi connectivity index (χ1) is 7.63. The lowest BCUT2D eigenvalue weighted by Crippen LogP contribution is -2.10. The van der Waals surface area contributed by atoms with Crippen LogP contribution in [0.25, 0.3) is 0 Å². The molecule has 0 fully saturated rings. The van der Waals surface area contributed by atoms with Crippen LogP contribution in [0.4, 0.5) is 5.69 Å². The van der Waals surface area contributed by atoms with Gasteiger partial charge in [0.1, 0.15) is 0 Å². The van der Waals surface area contributed by atoms with Gasteiger partial charge in [-0.1, -0.05) is 31.9 Å². The fraction of sp³-hybridized carbons (Fsp3) is 0.462. The summed E-state index contributed by atoms with van der Waals surface area (Å²) in [4.78, 5) is 10.8. The van der Waals surface area contributed by atoms with E-state index in [1.165, 1.54) is 6.92 Å². The molecule has 0 radical (unpaired) electrons. The van der Waals surface area contributed by atoms with Crippen molar-refractivity contribution in [2.45, 2.75) is 39.2 Å². The first kappa shape index (κ1) is 12.7. The maximum atomic E-state index is 10.8. The van der Waals surface area contributed by atoms with Crippen molar-refractivity contribution in [1.29, 1.82) is 0 Å². The number of unbranched alkanes of at least 4 members (excludes halogenated alkanes) is 1. The molecule has 3 heteroatoms. The van der Waals surface area contributed by atoms with Gasteiger partial charge in [-0.3, -0.25) is 4.79 Å². The van der Waals surface area contributed by atoms with Crippen LogP contribution >= 0.6 is 0 Å². The number of nitrogens with one attached hydrogen (secondary N) is 1. The van der Waals surface area contributed by atoms with Crippen molar-refractivity contribution < 1.29 is 4.79 Å². The predicted molar refractivity (Wildman–Crippen MR) is 67.2 cm³/mol. The van der Waals surface area contributed by atoms with E-state index in [1.54, 1.807) is 0 Å². The summed E-state index contributed by atoms with van der Waals surface area (Å²) < 4.78 is 0. The Morgan fingerprint density at radius 2 is 2.00 bits per heavy atom. The van der Waals surface area contributed by atoms with Crippen molar-refractivity contribution in [3.63, 3.8) is 0 Å². The lowest BCUT2D eigenvalue weighted by Gasteiger charge is -2.12. The lowest BCUT2D eigenvalue weighted by molar-refractivity contribution is -0.114. The molecule has 0 aliphatic heterocycles. The maximum Gasteiger partial charge on any atom is 0.221 e. The van der Waals surface area contributed by atoms with Crippen LogP contribution in [0.2, 0.25) is 0 Å². The molecule has 0 spiro atoms. The molecule has 3 N–H and O–H groups in total. The van der Waals surface area contributed by atoms with E-state index in [1.807, 2.05) is 24.3 Å². The molecule has 0 heterocycles. The molecular weight excluding hydrogens is 200 g/mol. The minimum Gasteiger partial charge on any atom is -0.326 e. The third-order valence-corrected chi connectivity index (χ3v) is 2.53. The Balaban J connectivity index is 2.59. The quantitative estimate of drug-likeness (QED) is 0.801. The zero-order valence-corrected chi connectivity index (χ0v) is 9.99. The normalized spacial score (nSPS) is 12.2. The number of hydrogen-bond donors (Lipinski definition) is 2. The molecule has 0 aromatic heterocycles. The molecular formula is C13H20N2O. The Morgan fingerprint density at radius 1 is 1.38 bits per heavy atom. The van der Waals surface area contributed by atoms with E-state index in [0.717, 1.165) is 30.5 Å². The largest absolute Gasteiger partial charge is 0.326 e. The smallest absolute Gasteiger partial charge is 0.221 e. The maximum absolute atomic E-state index is 10.8. The number of amides is 1. The van der Waals surface area contributed by atoms with E-state index < -0.39 is 0 Å². The van der Waals surface area contributed by atoms with E-state index >= 15 is 0 Å². The summed E-state index contributed by atoms with van der Waals surface area (Å²) in [5.41, 5.74) is 7.99. The van der Waals surface area contributed by atoms with E-state index in [9.17, 15) is 4.79 Å². The summed E-state index contributed by atoms with van der Waals surface area (Å²) in [5, 5.41) is 2.73. The highest BCUT2D eigenvalue weighted by Crippen LogP contribution is 2.18. The average Bonchev–Trinajstić information content (AvgIpc) is 2.26. The molecule has 1 aromatic carbocycles. The number of benzene rings is 1. The SMILES string of the molecule is CCCC[C@@H](N)c1ccc(NC(C)=O)cc1. The van der Waals surface area contributed by atoms with Gasteiger partial charge in [-0.05, 0) is 24.1 Å². The van der Waals surface area contributed by atoms with E-state index in [0.29, 0.717) is 0 Å². The van der Waals surface area contributed by atoms with Crippen LogP contribution < -0.4 is 11.1 Å². The second-order valence-corrected chi connectivity index (χ2v) is 4.05. The lowest BCUT2D eigenvalue weighted by atomic mass is 10.0. The van der Waals surface area contributed by atoms with E-state index in [-0.39, 0.29) is 11.9 Å². The molecule has 0 unspecified atom stereocenters. The predicted octanol–water partition coefficient (Wildman–Crippen LogP) is 2.84. The van der Waals surface area contributed by atoms with Crippen LogP contribution in [-0.2, 0) is 4.79 Å². The Kier molecular flexibility index (Phi) is 4.99. The Bertz CT molecular complexity index is 332. The standard InChI is InChI=1S/C13H20N2O/c1-3-4-5-13(14)11-6-8-12(9-7-11)15-10(2)16/h6-9,13H,3-5,14H2,1-2H3,(H,15,16)/t13-/m1/s1. The monoisotopic (exact) mass is 220 g/mol. The summed E-state index contributed by atoms with van der Waals surface area (Å²) in [5.74, 6) is -0.0527. The van der Waals surface area contributed by atoms with Gasteiger partial charge in [0.2, 0.25) is 5.91 Å². The third kappa shape index (κ3) is 4.03. The van der Waals surface area contributed by atoms with Crippen molar-refractivity contribution in [3.05, 3.63) is 29.8 Å². The van der Waals surface area contributed by atoms with Crippen LogP contribution in [-0.4, -0.2) is 5.91 Å². The minimum atomic E-state index is -0.0527. The van der Waals surface area contributed by atoms with Gasteiger partial charge >= 0.3 is 0 Å². The Labute approximate surface area is 97.0 Å². The van der Waals surface area contributed by atoms with E-state index in [2.05, 4.69) is 12.2 Å². The second-order valence-electron chi connectivity index (χ2n) is 4.05. The summed E-state index contributed by atoms with van der Waals surface area (Å²) in [6.45, 7) is 3.66. The van der Waals surface area contributed by atoms with Crippen molar-refractivity contribution >= 4 is 11.6 Å². The van der Waals surface area contributed by atoms with Crippen LogP contribution in [0.5, 0.6) is 0 Å². The van der Waals surface area contributed by atoms with Gasteiger partial charge in [0.05, 0.1) is 0 Å². The zero-order chi connectivity index (χ0) is 12.0. The van der Waals surface area contributed by atoms with Crippen molar-refractivity contribution in [1.82, 2.24) is 0 Å². The molecule has 0 saturated carbocycles. The molecule has 1 aromatic rings. The van der Waals surface area contributed by atoms with Crippen LogP contribution in [0, 0.1) is 0 Å². The van der Waals surface area contributed by atoms with Crippen LogP contribution in [0.15, 0.2) is 24.3 Å². The highest BCUT2D eigenvalue weighted by molar-refractivity contribution is 5.88. The minimum absolute atomic E-state index is 0.0527. The molecule has 1 atom stereocenters. The van der Waals surface area contributed by atoms with Crippen molar-refractivity contribution in [2.75, 3.05) is 5.32 Å². The first-order valence-electron chi connectivity index (χ1n) is 5.76. The fourth-order valence-corrected chi connectivity index (χ4v) is 1.61. The van der Waals surface area contributed by atoms with Gasteiger partial charge in [0.25, 0.3) is 0 Å². The van der Waals surface area contributed by atoms with Crippen LogP contribution in [0.1, 0.15) is 44.7 Å². The van der Waals surface area contributed by atoms with Crippen molar-refractivity contribution in [3.8, 4) is 0 Å². The number of rotatable bonds is 5. The highest BCUT2D eigenvalue weighted by Gasteiger charge is 2.05. The zero-order valence-electron chi connectivity index (χ0n) is 9.99. The van der Waals surface area contributed by atoms with Gasteiger partial charge in [0, 0.05) is 18.7 Å². The molecule has 3 nitrogen and oxygen atoms in total. The summed E-state index contributed by atoms with van der Waals surface area (Å²) in [6.07, 6.45) is 3.32. The molecule has 0 bridgehead atoms. The van der Waals surface area contributed by atoms with Gasteiger partial charge in [-0.15, -0.1) is 0 Å². The number of carbonyl (C=O) groups is 1. The summed E-state index contributed by atoms with van der Waals surface area (Å²) >= 11 is 0. The number of hydrogen-bond acceptors (Lipinski definition) is 2. The average molecular weight is 220 g/mol. The molecule has 0 aliphatic carbocycles. The second kappa shape index (κ2) is 6.28. The molecule has 1 amide bonds. The molecule has 0 saturated heterocycles.